The summed E-state index contributed by atoms with van der Waals surface area (Å²) >= 11 is 0. The molecule has 0 amide bonds. The van der Waals surface area contributed by atoms with Gasteiger partial charge in [-0.3, -0.25) is 14.3 Å². The molecular formula is C19H18N2O3. The summed E-state index contributed by atoms with van der Waals surface area (Å²) in [6.45, 7) is 4.34. The van der Waals surface area contributed by atoms with Crippen molar-refractivity contribution in [3.8, 4) is 5.75 Å². The van der Waals surface area contributed by atoms with Crippen LogP contribution in [0.5, 0.6) is 5.75 Å². The molecule has 0 saturated heterocycles. The van der Waals surface area contributed by atoms with E-state index in [0.29, 0.717) is 18.5 Å². The number of ether oxygens (including phenoxy) is 1. The van der Waals surface area contributed by atoms with Crippen molar-refractivity contribution in [2.75, 3.05) is 7.11 Å². The van der Waals surface area contributed by atoms with E-state index in [-0.39, 0.29) is 11.0 Å². The van der Waals surface area contributed by atoms with Crippen LogP contribution in [0, 0.1) is 0 Å². The third kappa shape index (κ3) is 3.46. The van der Waals surface area contributed by atoms with Gasteiger partial charge in [0.25, 0.3) is 5.56 Å². The van der Waals surface area contributed by atoms with E-state index in [1.807, 2.05) is 36.4 Å². The molecule has 0 N–H and O–H groups in total. The van der Waals surface area contributed by atoms with Crippen molar-refractivity contribution in [3.05, 3.63) is 81.2 Å². The summed E-state index contributed by atoms with van der Waals surface area (Å²) in [7, 11) is 1.61. The van der Waals surface area contributed by atoms with E-state index in [2.05, 4.69) is 11.6 Å². The first-order valence-electron chi connectivity index (χ1n) is 7.60. The molecule has 0 spiro atoms. The summed E-state index contributed by atoms with van der Waals surface area (Å²) in [5, 5.41) is 0. The Balaban J connectivity index is 1.87. The van der Waals surface area contributed by atoms with Gasteiger partial charge >= 0.3 is 0 Å². The molecule has 0 saturated carbocycles. The second kappa shape index (κ2) is 7.00. The molecule has 0 aliphatic heterocycles. The Morgan fingerprint density at radius 2 is 1.92 bits per heavy atom. The minimum atomic E-state index is -0.176. The second-order valence-corrected chi connectivity index (χ2v) is 5.34. The molecule has 5 heteroatoms. The lowest BCUT2D eigenvalue weighted by molar-refractivity contribution is 0.415. The minimum absolute atomic E-state index is 0.176. The fourth-order valence-electron chi connectivity index (χ4n) is 2.43. The topological polar surface area (TPSA) is 57.3 Å². The summed E-state index contributed by atoms with van der Waals surface area (Å²) in [6, 6.07) is 11.3. The van der Waals surface area contributed by atoms with E-state index in [4.69, 9.17) is 9.15 Å². The largest absolute Gasteiger partial charge is 0.497 e. The Kier molecular flexibility index (Phi) is 4.61. The third-order valence-corrected chi connectivity index (χ3v) is 3.77. The van der Waals surface area contributed by atoms with Crippen LogP contribution in [0.15, 0.2) is 58.0 Å². The summed E-state index contributed by atoms with van der Waals surface area (Å²) in [4.78, 5) is 16.5. The molecule has 2 aromatic heterocycles. The van der Waals surface area contributed by atoms with Crippen molar-refractivity contribution in [2.45, 2.75) is 13.0 Å². The third-order valence-electron chi connectivity index (χ3n) is 3.77. The molecule has 122 valence electrons. The summed E-state index contributed by atoms with van der Waals surface area (Å²) in [5.74, 6) is 0.763. The zero-order valence-corrected chi connectivity index (χ0v) is 13.4. The quantitative estimate of drug-likeness (QED) is 0.711. The molecule has 0 atom stereocenters. The van der Waals surface area contributed by atoms with Gasteiger partial charge in [-0.25, -0.2) is 0 Å². The molecule has 3 rings (SSSR count). The number of oxazole rings is 1. The van der Waals surface area contributed by atoms with Gasteiger partial charge in [-0.1, -0.05) is 12.1 Å². The van der Waals surface area contributed by atoms with E-state index in [1.54, 1.807) is 30.1 Å². The van der Waals surface area contributed by atoms with Crippen LogP contribution in [-0.4, -0.2) is 16.7 Å². The normalized spacial score (nSPS) is 11.6. The Bertz CT molecular complexity index is 970. The van der Waals surface area contributed by atoms with Gasteiger partial charge in [0.1, 0.15) is 5.75 Å². The van der Waals surface area contributed by atoms with Crippen LogP contribution in [-0.2, 0) is 13.0 Å². The molecular weight excluding hydrogens is 304 g/mol. The molecule has 0 aliphatic rings. The molecule has 24 heavy (non-hydrogen) atoms. The highest BCUT2D eigenvalue weighted by atomic mass is 16.5. The Hall–Kier alpha value is -3.08. The molecule has 0 unspecified atom stereocenters. The maximum absolute atomic E-state index is 12.5. The SMILES string of the molecule is C=c1o/c(=C/c2ccc(OC)cc2)c(=O)n1CCc1ccncc1. The van der Waals surface area contributed by atoms with E-state index in [1.165, 1.54) is 0 Å². The predicted molar refractivity (Wildman–Crippen MR) is 92.2 cm³/mol. The summed E-state index contributed by atoms with van der Waals surface area (Å²) in [5.41, 5.74) is 2.43. The molecule has 2 heterocycles. The highest BCUT2D eigenvalue weighted by molar-refractivity contribution is 5.49. The van der Waals surface area contributed by atoms with Gasteiger partial charge in [0, 0.05) is 18.9 Å². The number of aryl methyl sites for hydroxylation is 1. The standard InChI is InChI=1S/C19H18N2O3/c1-14-21(12-9-15-7-10-20-11-8-15)19(22)18(24-14)13-16-3-5-17(23-2)6-4-16/h3-8,10-11,13H,1,9,12H2,2H3/b18-13+. The average molecular weight is 322 g/mol. The minimum Gasteiger partial charge on any atom is -0.497 e. The molecule has 0 aliphatic carbocycles. The molecule has 5 nitrogen and oxygen atoms in total. The zero-order valence-electron chi connectivity index (χ0n) is 13.4. The fraction of sp³-hybridized carbons (Fsp3) is 0.158. The van der Waals surface area contributed by atoms with Crippen molar-refractivity contribution >= 4 is 12.7 Å². The lowest BCUT2D eigenvalue weighted by Crippen LogP contribution is -2.31. The number of methoxy groups -OCH3 is 1. The lowest BCUT2D eigenvalue weighted by atomic mass is 10.2. The average Bonchev–Trinajstić information content (AvgIpc) is 2.88. The first-order chi connectivity index (χ1) is 11.7. The van der Waals surface area contributed by atoms with Gasteiger partial charge in [0.2, 0.25) is 0 Å². The monoisotopic (exact) mass is 322 g/mol. The highest BCUT2D eigenvalue weighted by Gasteiger charge is 2.05. The second-order valence-electron chi connectivity index (χ2n) is 5.34. The van der Waals surface area contributed by atoms with Crippen molar-refractivity contribution in [2.24, 2.45) is 0 Å². The molecule has 0 fully saturated rings. The molecule has 0 bridgehead atoms. The number of aromatic nitrogens is 2. The Morgan fingerprint density at radius 3 is 2.58 bits per heavy atom. The number of pyridine rings is 1. The van der Waals surface area contributed by atoms with Crippen LogP contribution in [0.25, 0.3) is 12.7 Å². The van der Waals surface area contributed by atoms with Gasteiger partial charge in [-0.15, -0.1) is 0 Å². The van der Waals surface area contributed by atoms with E-state index >= 15 is 0 Å². The van der Waals surface area contributed by atoms with Gasteiger partial charge in [-0.05, 0) is 54.5 Å². The lowest BCUT2D eigenvalue weighted by Gasteiger charge is -2.00. The van der Waals surface area contributed by atoms with Crippen molar-refractivity contribution in [3.63, 3.8) is 0 Å². The summed E-state index contributed by atoms with van der Waals surface area (Å²) in [6.07, 6.45) is 5.90. The highest BCUT2D eigenvalue weighted by Crippen LogP contribution is 2.11. The number of hydrogen-bond acceptors (Lipinski definition) is 4. The van der Waals surface area contributed by atoms with Crippen LogP contribution in [0.1, 0.15) is 11.1 Å². The van der Waals surface area contributed by atoms with E-state index in [9.17, 15) is 4.79 Å². The Labute approximate surface area is 139 Å². The van der Waals surface area contributed by atoms with Gasteiger partial charge in [-0.2, -0.15) is 0 Å². The van der Waals surface area contributed by atoms with Gasteiger partial charge in [0.15, 0.2) is 11.0 Å². The molecule has 3 aromatic rings. The van der Waals surface area contributed by atoms with E-state index in [0.717, 1.165) is 16.9 Å². The number of benzene rings is 1. The Morgan fingerprint density at radius 1 is 1.21 bits per heavy atom. The first kappa shape index (κ1) is 15.8. The van der Waals surface area contributed by atoms with Gasteiger partial charge < -0.3 is 9.15 Å². The van der Waals surface area contributed by atoms with E-state index < -0.39 is 0 Å². The van der Waals surface area contributed by atoms with Crippen LogP contribution >= 0.6 is 0 Å². The first-order valence-corrected chi connectivity index (χ1v) is 7.60. The van der Waals surface area contributed by atoms with Crippen molar-refractivity contribution in [1.82, 2.24) is 9.55 Å². The van der Waals surface area contributed by atoms with Crippen molar-refractivity contribution in [1.29, 1.82) is 0 Å². The maximum Gasteiger partial charge on any atom is 0.296 e. The zero-order chi connectivity index (χ0) is 16.9. The molecule has 1 aromatic carbocycles. The van der Waals surface area contributed by atoms with Crippen LogP contribution < -0.4 is 21.3 Å². The number of nitrogens with zero attached hydrogens (tertiary/aromatic N) is 2. The van der Waals surface area contributed by atoms with Crippen molar-refractivity contribution < 1.29 is 9.15 Å². The maximum atomic E-state index is 12.5. The fourth-order valence-corrected chi connectivity index (χ4v) is 2.43. The summed E-state index contributed by atoms with van der Waals surface area (Å²) < 4.78 is 12.2. The molecule has 0 radical (unpaired) electrons. The van der Waals surface area contributed by atoms with Crippen LogP contribution in [0.2, 0.25) is 0 Å². The van der Waals surface area contributed by atoms with Gasteiger partial charge in [0.05, 0.1) is 7.11 Å². The van der Waals surface area contributed by atoms with Crippen LogP contribution in [0.4, 0.5) is 0 Å². The predicted octanol–water partition coefficient (Wildman–Crippen LogP) is 1.33. The number of hydrogen-bond donors (Lipinski definition) is 0. The van der Waals surface area contributed by atoms with Crippen LogP contribution in [0.3, 0.4) is 0 Å². The smallest absolute Gasteiger partial charge is 0.296 e. The number of rotatable bonds is 5.